The fourth-order valence-corrected chi connectivity index (χ4v) is 12.8. The highest BCUT2D eigenvalue weighted by molar-refractivity contribution is 7.86. The minimum Gasteiger partial charge on any atom is -0.282 e. The van der Waals surface area contributed by atoms with E-state index in [-0.39, 0.29) is 25.5 Å². The van der Waals surface area contributed by atoms with Crippen LogP contribution in [0.2, 0.25) is 0 Å². The lowest BCUT2D eigenvalue weighted by molar-refractivity contribution is 0.482. The lowest BCUT2D eigenvalue weighted by Crippen LogP contribution is -2.03. The maximum Gasteiger partial charge on any atom is 0.295 e. The van der Waals surface area contributed by atoms with Gasteiger partial charge in [-0.15, -0.1) is 0 Å². The van der Waals surface area contributed by atoms with Gasteiger partial charge in [-0.25, -0.2) is 0 Å². The van der Waals surface area contributed by atoms with Crippen molar-refractivity contribution in [3.63, 3.8) is 0 Å². The van der Waals surface area contributed by atoms with Crippen LogP contribution in [0.5, 0.6) is 0 Å². The molecule has 3 N–H and O–H groups in total. The largest absolute Gasteiger partial charge is 0.295 e. The molecule has 1 aliphatic rings. The molecule has 336 valence electrons. The van der Waals surface area contributed by atoms with E-state index in [9.17, 15) is 38.9 Å². The standard InChI is InChI=1S/C57H36O9S3/c58-67(59,60)52-27-26-48-43-18-5-6-19-47(43)56-42(23-25-49(52)57(48)56)38-30-51-45(54(32-38)69(64,65)66)24-22-41(55(51)46-21-8-13-34-11-2-4-17-40(34)46)37-29-50-36(15-9-20-44(50)53(31-37)68(61,62)63)28-35-14-7-12-33-10-1-3-16-39(33)35/h1-27,29-32H,28H2,(H,58,59,60)(H,61,62,63)(H,64,65,66). The third kappa shape index (κ3) is 6.94. The summed E-state index contributed by atoms with van der Waals surface area (Å²) in [6.45, 7) is 0. The van der Waals surface area contributed by atoms with Crippen molar-refractivity contribution in [1.29, 1.82) is 0 Å². The molecule has 11 aromatic carbocycles. The SMILES string of the molecule is O=S(=O)(O)c1cc(-c2ccc3c(S(=O)(=O)O)cc(-c4ccc5c(S(=O)(=O)O)ccc6c5c4-c4ccccc4-6)cc3c2-c2cccc3ccccc23)cc2c(Cc3cccc4ccccc34)cccc12. The molecule has 0 aromatic heterocycles. The zero-order valence-corrected chi connectivity index (χ0v) is 38.6. The van der Waals surface area contributed by atoms with Crippen molar-refractivity contribution in [2.75, 3.05) is 0 Å². The summed E-state index contributed by atoms with van der Waals surface area (Å²) in [7, 11) is -14.4. The van der Waals surface area contributed by atoms with Gasteiger partial charge in [0, 0.05) is 16.2 Å². The second kappa shape index (κ2) is 15.5. The van der Waals surface area contributed by atoms with E-state index >= 15 is 0 Å². The Morgan fingerprint density at radius 3 is 1.45 bits per heavy atom. The van der Waals surface area contributed by atoms with Gasteiger partial charge in [-0.2, -0.15) is 25.3 Å². The number of hydrogen-bond acceptors (Lipinski definition) is 6. The van der Waals surface area contributed by atoms with E-state index in [1.165, 1.54) is 18.2 Å². The Morgan fingerprint density at radius 1 is 0.304 bits per heavy atom. The summed E-state index contributed by atoms with van der Waals surface area (Å²) < 4.78 is 112. The number of fused-ring (bicyclic) bond motifs is 7. The van der Waals surface area contributed by atoms with Crippen molar-refractivity contribution in [2.24, 2.45) is 0 Å². The molecule has 0 unspecified atom stereocenters. The molecular weight excluding hydrogens is 925 g/mol. The summed E-state index contributed by atoms with van der Waals surface area (Å²) in [5.41, 5.74) is 7.77. The van der Waals surface area contributed by atoms with Crippen molar-refractivity contribution >= 4 is 84.2 Å². The Bertz CT molecular complexity index is 4420. The molecule has 0 aliphatic heterocycles. The van der Waals surface area contributed by atoms with Gasteiger partial charge >= 0.3 is 0 Å². The van der Waals surface area contributed by atoms with Gasteiger partial charge in [0.15, 0.2) is 0 Å². The maximum atomic E-state index is 13.7. The van der Waals surface area contributed by atoms with Crippen LogP contribution >= 0.6 is 0 Å². The first-order valence-electron chi connectivity index (χ1n) is 21.9. The molecule has 0 radical (unpaired) electrons. The topological polar surface area (TPSA) is 163 Å². The van der Waals surface area contributed by atoms with Gasteiger partial charge in [-0.05, 0) is 141 Å². The third-order valence-electron chi connectivity index (χ3n) is 13.5. The molecule has 9 nitrogen and oxygen atoms in total. The normalized spacial score (nSPS) is 12.7. The van der Waals surface area contributed by atoms with E-state index in [0.29, 0.717) is 66.9 Å². The Balaban J connectivity index is 1.20. The fraction of sp³-hybridized carbons (Fsp3) is 0.0175. The molecule has 69 heavy (non-hydrogen) atoms. The minimum absolute atomic E-state index is 0.187. The highest BCUT2D eigenvalue weighted by Gasteiger charge is 2.30. The molecule has 0 saturated heterocycles. The second-order valence-electron chi connectivity index (χ2n) is 17.4. The van der Waals surface area contributed by atoms with E-state index in [1.54, 1.807) is 42.5 Å². The summed E-state index contributed by atoms with van der Waals surface area (Å²) in [6, 6.07) is 56.6. The zero-order chi connectivity index (χ0) is 47.6. The van der Waals surface area contributed by atoms with Gasteiger partial charge in [-0.1, -0.05) is 158 Å². The van der Waals surface area contributed by atoms with Crippen molar-refractivity contribution in [1.82, 2.24) is 0 Å². The lowest BCUT2D eigenvalue weighted by Gasteiger charge is -2.20. The predicted molar refractivity (Wildman–Crippen MR) is 273 cm³/mol. The highest BCUT2D eigenvalue weighted by atomic mass is 32.2. The maximum absolute atomic E-state index is 13.7. The van der Waals surface area contributed by atoms with Gasteiger partial charge < -0.3 is 0 Å². The molecule has 0 atom stereocenters. The van der Waals surface area contributed by atoms with E-state index in [4.69, 9.17) is 0 Å². The van der Waals surface area contributed by atoms with Crippen LogP contribution in [0, 0.1) is 0 Å². The average molecular weight is 961 g/mol. The van der Waals surface area contributed by atoms with Crippen molar-refractivity contribution in [3.8, 4) is 55.6 Å². The van der Waals surface area contributed by atoms with Crippen LogP contribution in [0.3, 0.4) is 0 Å². The summed E-state index contributed by atoms with van der Waals surface area (Å²) in [5, 5.41) is 6.12. The lowest BCUT2D eigenvalue weighted by atomic mass is 9.85. The molecule has 12 heteroatoms. The first-order chi connectivity index (χ1) is 33.1. The van der Waals surface area contributed by atoms with Crippen LogP contribution in [0.1, 0.15) is 11.1 Å². The Morgan fingerprint density at radius 2 is 0.768 bits per heavy atom. The number of rotatable bonds is 8. The molecular formula is C57H36O9S3. The van der Waals surface area contributed by atoms with Crippen molar-refractivity contribution < 1.29 is 38.9 Å². The van der Waals surface area contributed by atoms with E-state index < -0.39 is 30.4 Å². The Kier molecular flexibility index (Phi) is 9.60. The molecule has 0 heterocycles. The first kappa shape index (κ1) is 42.8. The smallest absolute Gasteiger partial charge is 0.282 e. The quantitative estimate of drug-likeness (QED) is 0.126. The summed E-state index contributed by atoms with van der Waals surface area (Å²) in [4.78, 5) is -0.964. The Labute approximate surface area is 396 Å². The molecule has 0 spiro atoms. The van der Waals surface area contributed by atoms with Gasteiger partial charge in [0.1, 0.15) is 14.7 Å². The molecule has 0 amide bonds. The van der Waals surface area contributed by atoms with Gasteiger partial charge in [0.25, 0.3) is 30.4 Å². The van der Waals surface area contributed by atoms with Crippen LogP contribution in [-0.2, 0) is 36.8 Å². The summed E-state index contributed by atoms with van der Waals surface area (Å²) in [5.74, 6) is 0. The van der Waals surface area contributed by atoms with Crippen LogP contribution in [0.25, 0.3) is 109 Å². The number of hydrogen-bond donors (Lipinski definition) is 3. The van der Waals surface area contributed by atoms with E-state index in [2.05, 4.69) is 0 Å². The minimum atomic E-state index is -4.95. The van der Waals surface area contributed by atoms with Crippen molar-refractivity contribution in [2.45, 2.75) is 21.1 Å². The van der Waals surface area contributed by atoms with E-state index in [1.807, 2.05) is 127 Å². The fourth-order valence-electron chi connectivity index (χ4n) is 10.7. The third-order valence-corrected chi connectivity index (χ3v) is 16.2. The molecule has 0 bridgehead atoms. The highest BCUT2D eigenvalue weighted by Crippen LogP contribution is 2.53. The molecule has 0 fully saturated rings. The first-order valence-corrected chi connectivity index (χ1v) is 26.2. The van der Waals surface area contributed by atoms with Crippen LogP contribution in [-0.4, -0.2) is 38.9 Å². The van der Waals surface area contributed by atoms with Crippen LogP contribution in [0.4, 0.5) is 0 Å². The zero-order valence-electron chi connectivity index (χ0n) is 36.1. The molecule has 0 saturated carbocycles. The summed E-state index contributed by atoms with van der Waals surface area (Å²) >= 11 is 0. The van der Waals surface area contributed by atoms with Gasteiger partial charge in [-0.3, -0.25) is 13.7 Å². The Hall–Kier alpha value is -7.55. The van der Waals surface area contributed by atoms with Gasteiger partial charge in [0.05, 0.1) is 0 Å². The van der Waals surface area contributed by atoms with E-state index in [0.717, 1.165) is 49.4 Å². The van der Waals surface area contributed by atoms with Crippen molar-refractivity contribution in [3.05, 3.63) is 199 Å². The second-order valence-corrected chi connectivity index (χ2v) is 21.5. The predicted octanol–water partition coefficient (Wildman–Crippen LogP) is 13.4. The molecule has 12 rings (SSSR count). The molecule has 1 aliphatic carbocycles. The van der Waals surface area contributed by atoms with Gasteiger partial charge in [0.2, 0.25) is 0 Å². The van der Waals surface area contributed by atoms with Crippen LogP contribution in [0.15, 0.2) is 203 Å². The average Bonchev–Trinajstić information content (AvgIpc) is 3.67. The molecule has 11 aromatic rings. The number of benzene rings is 11. The summed E-state index contributed by atoms with van der Waals surface area (Å²) in [6.07, 6.45) is 0.437. The monoisotopic (exact) mass is 960 g/mol. The van der Waals surface area contributed by atoms with Crippen LogP contribution < -0.4 is 0 Å².